The topological polar surface area (TPSA) is 58.4 Å². The summed E-state index contributed by atoms with van der Waals surface area (Å²) < 4.78 is 0. The van der Waals surface area contributed by atoms with Crippen molar-refractivity contribution >= 4 is 11.6 Å². The van der Waals surface area contributed by atoms with Crippen LogP contribution in [-0.2, 0) is 4.79 Å². The van der Waals surface area contributed by atoms with E-state index in [0.717, 1.165) is 25.1 Å². The smallest absolute Gasteiger partial charge is 0.238 e. The average Bonchev–Trinajstić information content (AvgIpc) is 2.77. The molecule has 3 N–H and O–H groups in total. The summed E-state index contributed by atoms with van der Waals surface area (Å²) in [6, 6.07) is 9.91. The standard InChI is InChI=1S/C13H19N3O/c14-9-12-7-4-8-16(12)10-13(17)15-11-5-2-1-3-6-11/h1-3,5-6,12H,4,7-10,14H2,(H,15,17). The van der Waals surface area contributed by atoms with Gasteiger partial charge in [-0.2, -0.15) is 0 Å². The lowest BCUT2D eigenvalue weighted by Crippen LogP contribution is -2.40. The van der Waals surface area contributed by atoms with Gasteiger partial charge < -0.3 is 11.1 Å². The number of nitrogens with one attached hydrogen (secondary N) is 1. The molecule has 1 aromatic carbocycles. The van der Waals surface area contributed by atoms with Gasteiger partial charge in [-0.05, 0) is 31.5 Å². The molecule has 0 bridgehead atoms. The highest BCUT2D eigenvalue weighted by Gasteiger charge is 2.24. The van der Waals surface area contributed by atoms with E-state index in [4.69, 9.17) is 5.73 Å². The van der Waals surface area contributed by atoms with Gasteiger partial charge in [-0.1, -0.05) is 18.2 Å². The van der Waals surface area contributed by atoms with Gasteiger partial charge in [0.2, 0.25) is 5.91 Å². The van der Waals surface area contributed by atoms with E-state index in [-0.39, 0.29) is 5.91 Å². The van der Waals surface area contributed by atoms with Crippen molar-refractivity contribution in [2.24, 2.45) is 5.73 Å². The lowest BCUT2D eigenvalue weighted by atomic mass is 10.2. The Kier molecular flexibility index (Phi) is 4.12. The van der Waals surface area contributed by atoms with Crippen molar-refractivity contribution in [2.45, 2.75) is 18.9 Å². The van der Waals surface area contributed by atoms with Gasteiger partial charge in [0.15, 0.2) is 0 Å². The summed E-state index contributed by atoms with van der Waals surface area (Å²) in [7, 11) is 0. The maximum atomic E-state index is 11.8. The molecule has 0 saturated carbocycles. The molecule has 1 fully saturated rings. The number of hydrogen-bond donors (Lipinski definition) is 2. The zero-order valence-electron chi connectivity index (χ0n) is 9.93. The van der Waals surface area contributed by atoms with Crippen molar-refractivity contribution in [3.8, 4) is 0 Å². The SMILES string of the molecule is NCC1CCCN1CC(=O)Nc1ccccc1. The number of carbonyl (C=O) groups is 1. The third-order valence-electron chi connectivity index (χ3n) is 3.18. The Morgan fingerprint density at radius 2 is 2.18 bits per heavy atom. The largest absolute Gasteiger partial charge is 0.329 e. The number of para-hydroxylation sites is 1. The molecule has 4 heteroatoms. The second-order valence-corrected chi connectivity index (χ2v) is 4.42. The Morgan fingerprint density at radius 3 is 2.88 bits per heavy atom. The Morgan fingerprint density at radius 1 is 1.41 bits per heavy atom. The summed E-state index contributed by atoms with van der Waals surface area (Å²) in [5.74, 6) is 0.0385. The molecular formula is C13H19N3O. The molecule has 1 heterocycles. The first-order valence-corrected chi connectivity index (χ1v) is 6.08. The van der Waals surface area contributed by atoms with Crippen LogP contribution < -0.4 is 11.1 Å². The highest BCUT2D eigenvalue weighted by molar-refractivity contribution is 5.92. The first-order valence-electron chi connectivity index (χ1n) is 6.08. The predicted molar refractivity (Wildman–Crippen MR) is 68.7 cm³/mol. The third-order valence-corrected chi connectivity index (χ3v) is 3.18. The van der Waals surface area contributed by atoms with Gasteiger partial charge in [0, 0.05) is 18.3 Å². The van der Waals surface area contributed by atoms with Crippen molar-refractivity contribution in [1.82, 2.24) is 4.90 Å². The summed E-state index contributed by atoms with van der Waals surface area (Å²) in [4.78, 5) is 14.0. The van der Waals surface area contributed by atoms with Crippen molar-refractivity contribution < 1.29 is 4.79 Å². The molecule has 2 rings (SSSR count). The van der Waals surface area contributed by atoms with E-state index in [1.165, 1.54) is 0 Å². The van der Waals surface area contributed by atoms with Gasteiger partial charge in [0.05, 0.1) is 6.54 Å². The first-order chi connectivity index (χ1) is 8.29. The van der Waals surface area contributed by atoms with Crippen molar-refractivity contribution in [1.29, 1.82) is 0 Å². The number of benzene rings is 1. The first kappa shape index (κ1) is 12.1. The van der Waals surface area contributed by atoms with E-state index in [1.54, 1.807) is 0 Å². The minimum atomic E-state index is 0.0385. The number of nitrogens with zero attached hydrogens (tertiary/aromatic N) is 1. The molecule has 0 aliphatic carbocycles. The van der Waals surface area contributed by atoms with Crippen LogP contribution in [-0.4, -0.2) is 36.5 Å². The molecule has 1 unspecified atom stereocenters. The summed E-state index contributed by atoms with van der Waals surface area (Å²) in [6.45, 7) is 2.06. The van der Waals surface area contributed by atoms with E-state index < -0.39 is 0 Å². The van der Waals surface area contributed by atoms with Crippen LogP contribution in [0.2, 0.25) is 0 Å². The fourth-order valence-corrected chi connectivity index (χ4v) is 2.28. The molecule has 0 aromatic heterocycles. The van der Waals surface area contributed by atoms with E-state index in [0.29, 0.717) is 19.1 Å². The Balaban J connectivity index is 1.85. The number of carbonyl (C=O) groups excluding carboxylic acids is 1. The van der Waals surface area contributed by atoms with E-state index in [9.17, 15) is 4.79 Å². The van der Waals surface area contributed by atoms with Gasteiger partial charge in [-0.3, -0.25) is 9.69 Å². The van der Waals surface area contributed by atoms with E-state index in [2.05, 4.69) is 10.2 Å². The van der Waals surface area contributed by atoms with E-state index >= 15 is 0 Å². The maximum absolute atomic E-state index is 11.8. The highest BCUT2D eigenvalue weighted by Crippen LogP contribution is 2.15. The lowest BCUT2D eigenvalue weighted by Gasteiger charge is -2.22. The minimum absolute atomic E-state index is 0.0385. The molecule has 0 radical (unpaired) electrons. The molecule has 92 valence electrons. The Bertz CT molecular complexity index is 366. The quantitative estimate of drug-likeness (QED) is 0.817. The molecule has 17 heavy (non-hydrogen) atoms. The van der Waals surface area contributed by atoms with Gasteiger partial charge >= 0.3 is 0 Å². The summed E-state index contributed by atoms with van der Waals surface area (Å²) in [5, 5.41) is 2.89. The molecule has 1 aliphatic heterocycles. The lowest BCUT2D eigenvalue weighted by molar-refractivity contribution is -0.117. The van der Waals surface area contributed by atoms with Crippen molar-refractivity contribution in [3.63, 3.8) is 0 Å². The van der Waals surface area contributed by atoms with Crippen LogP contribution in [0.25, 0.3) is 0 Å². The molecule has 1 amide bonds. The van der Waals surface area contributed by atoms with Crippen LogP contribution in [0.5, 0.6) is 0 Å². The molecule has 1 atom stereocenters. The van der Waals surface area contributed by atoms with Crippen LogP contribution in [0, 0.1) is 0 Å². The number of rotatable bonds is 4. The monoisotopic (exact) mass is 233 g/mol. The zero-order valence-corrected chi connectivity index (χ0v) is 9.93. The molecule has 1 saturated heterocycles. The van der Waals surface area contributed by atoms with E-state index in [1.807, 2.05) is 30.3 Å². The fraction of sp³-hybridized carbons (Fsp3) is 0.462. The number of likely N-dealkylation sites (tertiary alicyclic amines) is 1. The number of amides is 1. The summed E-state index contributed by atoms with van der Waals surface area (Å²) >= 11 is 0. The third kappa shape index (κ3) is 3.28. The van der Waals surface area contributed by atoms with Crippen LogP contribution in [0.15, 0.2) is 30.3 Å². The van der Waals surface area contributed by atoms with Crippen molar-refractivity contribution in [3.05, 3.63) is 30.3 Å². The molecule has 4 nitrogen and oxygen atoms in total. The van der Waals surface area contributed by atoms with Gasteiger partial charge in [-0.25, -0.2) is 0 Å². The number of nitrogens with two attached hydrogens (primary N) is 1. The molecule has 1 aliphatic rings. The van der Waals surface area contributed by atoms with Gasteiger partial charge in [0.25, 0.3) is 0 Å². The summed E-state index contributed by atoms with van der Waals surface area (Å²) in [5.41, 5.74) is 6.53. The van der Waals surface area contributed by atoms with Crippen LogP contribution in [0.3, 0.4) is 0 Å². The van der Waals surface area contributed by atoms with Crippen LogP contribution in [0.1, 0.15) is 12.8 Å². The summed E-state index contributed by atoms with van der Waals surface area (Å²) in [6.07, 6.45) is 2.25. The zero-order chi connectivity index (χ0) is 12.1. The number of hydrogen-bond acceptors (Lipinski definition) is 3. The second-order valence-electron chi connectivity index (χ2n) is 4.42. The van der Waals surface area contributed by atoms with Crippen molar-refractivity contribution in [2.75, 3.05) is 25.0 Å². The average molecular weight is 233 g/mol. The predicted octanol–water partition coefficient (Wildman–Crippen LogP) is 1.05. The van der Waals surface area contributed by atoms with Crippen LogP contribution in [0.4, 0.5) is 5.69 Å². The van der Waals surface area contributed by atoms with Crippen LogP contribution >= 0.6 is 0 Å². The normalized spacial score (nSPS) is 20.4. The molecule has 0 spiro atoms. The Hall–Kier alpha value is -1.39. The maximum Gasteiger partial charge on any atom is 0.238 e. The molecular weight excluding hydrogens is 214 g/mol. The molecule has 1 aromatic rings. The minimum Gasteiger partial charge on any atom is -0.329 e. The highest BCUT2D eigenvalue weighted by atomic mass is 16.2. The number of anilines is 1. The Labute approximate surface area is 102 Å². The second kappa shape index (κ2) is 5.80. The fourth-order valence-electron chi connectivity index (χ4n) is 2.28. The van der Waals surface area contributed by atoms with Gasteiger partial charge in [0.1, 0.15) is 0 Å². The van der Waals surface area contributed by atoms with Gasteiger partial charge in [-0.15, -0.1) is 0 Å².